The number of nitro benzene ring substituents is 1. The number of amides is 1. The molecule has 7 nitrogen and oxygen atoms in total. The fourth-order valence-corrected chi connectivity index (χ4v) is 2.24. The van der Waals surface area contributed by atoms with Crippen molar-refractivity contribution in [1.29, 1.82) is 0 Å². The van der Waals surface area contributed by atoms with Gasteiger partial charge in [0, 0.05) is 12.1 Å². The molecule has 0 radical (unpaired) electrons. The number of benzene rings is 2. The Bertz CT molecular complexity index is 765. The maximum Gasteiger partial charge on any atom is 0.276 e. The highest BCUT2D eigenvalue weighted by molar-refractivity contribution is 9.10. The van der Waals surface area contributed by atoms with Gasteiger partial charge in [-0.05, 0) is 27.6 Å². The first kappa shape index (κ1) is 17.5. The van der Waals surface area contributed by atoms with Crippen LogP contribution < -0.4 is 15.6 Å². The first-order chi connectivity index (χ1) is 11.5. The standard InChI is InChI=1S/C16H14BrN3O4/c1-11(12-5-3-2-4-6-12)18-19-16(21)10-24-15-8-7-13(20(22)23)9-14(15)17/h2-9,18H,1,10H2,(H,19,21). The van der Waals surface area contributed by atoms with Gasteiger partial charge in [-0.1, -0.05) is 36.9 Å². The maximum absolute atomic E-state index is 11.8. The molecule has 0 aliphatic carbocycles. The monoisotopic (exact) mass is 391 g/mol. The molecular formula is C16H14BrN3O4. The maximum atomic E-state index is 11.8. The molecule has 1 amide bonds. The van der Waals surface area contributed by atoms with Gasteiger partial charge in [-0.25, -0.2) is 0 Å². The zero-order chi connectivity index (χ0) is 17.5. The van der Waals surface area contributed by atoms with Gasteiger partial charge in [0.25, 0.3) is 11.6 Å². The second kappa shape index (κ2) is 8.11. The van der Waals surface area contributed by atoms with E-state index in [1.54, 1.807) is 0 Å². The number of nitrogens with one attached hydrogen (secondary N) is 2. The van der Waals surface area contributed by atoms with E-state index in [2.05, 4.69) is 33.4 Å². The first-order valence-corrected chi connectivity index (χ1v) is 7.62. The van der Waals surface area contributed by atoms with Crippen LogP contribution in [-0.4, -0.2) is 17.4 Å². The Morgan fingerprint density at radius 1 is 1.21 bits per heavy atom. The Morgan fingerprint density at radius 3 is 2.54 bits per heavy atom. The zero-order valence-corrected chi connectivity index (χ0v) is 14.1. The van der Waals surface area contributed by atoms with E-state index < -0.39 is 10.8 Å². The molecule has 2 rings (SSSR count). The molecule has 0 aliphatic heterocycles. The number of nitro groups is 1. The van der Waals surface area contributed by atoms with Crippen molar-refractivity contribution < 1.29 is 14.5 Å². The number of rotatable bonds is 7. The Labute approximate surface area is 146 Å². The van der Waals surface area contributed by atoms with E-state index in [9.17, 15) is 14.9 Å². The van der Waals surface area contributed by atoms with Crippen LogP contribution in [0.3, 0.4) is 0 Å². The summed E-state index contributed by atoms with van der Waals surface area (Å²) < 4.78 is 5.71. The lowest BCUT2D eigenvalue weighted by Crippen LogP contribution is -2.38. The van der Waals surface area contributed by atoms with Crippen molar-refractivity contribution in [2.75, 3.05) is 6.61 Å². The van der Waals surface area contributed by atoms with E-state index in [0.29, 0.717) is 15.9 Å². The van der Waals surface area contributed by atoms with E-state index in [4.69, 9.17) is 4.74 Å². The van der Waals surface area contributed by atoms with Crippen molar-refractivity contribution in [1.82, 2.24) is 10.9 Å². The highest BCUT2D eigenvalue weighted by Crippen LogP contribution is 2.28. The largest absolute Gasteiger partial charge is 0.483 e. The molecule has 2 aromatic rings. The highest BCUT2D eigenvalue weighted by Gasteiger charge is 2.11. The summed E-state index contributed by atoms with van der Waals surface area (Å²) in [6.07, 6.45) is 0. The van der Waals surface area contributed by atoms with Crippen molar-refractivity contribution in [3.8, 4) is 5.75 Å². The number of carbonyl (C=O) groups is 1. The predicted octanol–water partition coefficient (Wildman–Crippen LogP) is 3.03. The van der Waals surface area contributed by atoms with E-state index in [0.717, 1.165) is 5.56 Å². The van der Waals surface area contributed by atoms with Crippen molar-refractivity contribution in [2.24, 2.45) is 0 Å². The lowest BCUT2D eigenvalue weighted by Gasteiger charge is -2.12. The van der Waals surface area contributed by atoms with Crippen molar-refractivity contribution in [3.05, 3.63) is 75.3 Å². The summed E-state index contributed by atoms with van der Waals surface area (Å²) in [5.74, 6) is -0.0880. The smallest absolute Gasteiger partial charge is 0.276 e. The summed E-state index contributed by atoms with van der Waals surface area (Å²) in [5.41, 5.74) is 6.48. The van der Waals surface area contributed by atoms with Crippen LogP contribution in [0.25, 0.3) is 5.70 Å². The van der Waals surface area contributed by atoms with Gasteiger partial charge in [0.1, 0.15) is 5.75 Å². The summed E-state index contributed by atoms with van der Waals surface area (Å²) >= 11 is 3.17. The second-order valence-corrected chi connectivity index (χ2v) is 5.53. The van der Waals surface area contributed by atoms with Crippen LogP contribution in [0.5, 0.6) is 5.75 Å². The molecule has 0 spiro atoms. The highest BCUT2D eigenvalue weighted by atomic mass is 79.9. The summed E-state index contributed by atoms with van der Waals surface area (Å²) in [6.45, 7) is 3.56. The number of ether oxygens (including phenoxy) is 1. The third-order valence-corrected chi connectivity index (χ3v) is 3.58. The molecule has 0 saturated carbocycles. The van der Waals surface area contributed by atoms with Gasteiger partial charge in [0.05, 0.1) is 15.1 Å². The summed E-state index contributed by atoms with van der Waals surface area (Å²) in [6, 6.07) is 13.3. The topological polar surface area (TPSA) is 93.5 Å². The molecule has 8 heteroatoms. The Morgan fingerprint density at radius 2 is 1.92 bits per heavy atom. The third-order valence-electron chi connectivity index (χ3n) is 2.96. The minimum absolute atomic E-state index is 0.0699. The average molecular weight is 392 g/mol. The predicted molar refractivity (Wildman–Crippen MR) is 93.0 cm³/mol. The van der Waals surface area contributed by atoms with Crippen LogP contribution in [0.15, 0.2) is 59.6 Å². The number of carbonyl (C=O) groups excluding carboxylic acids is 1. The van der Waals surface area contributed by atoms with Crippen LogP contribution in [0.1, 0.15) is 5.56 Å². The lowest BCUT2D eigenvalue weighted by atomic mass is 10.2. The molecule has 2 aromatic carbocycles. The molecular weight excluding hydrogens is 378 g/mol. The molecule has 0 aromatic heterocycles. The number of hydrogen-bond acceptors (Lipinski definition) is 5. The molecule has 0 unspecified atom stereocenters. The fourth-order valence-electron chi connectivity index (χ4n) is 1.76. The molecule has 0 saturated heterocycles. The molecule has 0 fully saturated rings. The van der Waals surface area contributed by atoms with E-state index in [1.807, 2.05) is 30.3 Å². The Balaban J connectivity index is 1.83. The number of hydrazine groups is 1. The van der Waals surface area contributed by atoms with Gasteiger partial charge in [-0.3, -0.25) is 25.8 Å². The zero-order valence-electron chi connectivity index (χ0n) is 12.5. The first-order valence-electron chi connectivity index (χ1n) is 6.83. The Hall–Kier alpha value is -2.87. The number of nitrogens with zero attached hydrogens (tertiary/aromatic N) is 1. The fraction of sp³-hybridized carbons (Fsp3) is 0.0625. The summed E-state index contributed by atoms with van der Waals surface area (Å²) in [5, 5.41) is 10.7. The normalized spacial score (nSPS) is 9.88. The molecule has 0 bridgehead atoms. The van der Waals surface area contributed by atoms with E-state index in [-0.39, 0.29) is 12.3 Å². The molecule has 2 N–H and O–H groups in total. The van der Waals surface area contributed by atoms with Crippen LogP contribution in [0.4, 0.5) is 5.69 Å². The second-order valence-electron chi connectivity index (χ2n) is 4.68. The average Bonchev–Trinajstić information content (AvgIpc) is 2.59. The minimum atomic E-state index is -0.514. The quantitative estimate of drug-likeness (QED) is 0.558. The van der Waals surface area contributed by atoms with Gasteiger partial charge in [0.2, 0.25) is 0 Å². The molecule has 24 heavy (non-hydrogen) atoms. The number of halogens is 1. The summed E-state index contributed by atoms with van der Waals surface area (Å²) in [4.78, 5) is 21.9. The molecule has 0 heterocycles. The van der Waals surface area contributed by atoms with Crippen LogP contribution in [0, 0.1) is 10.1 Å². The van der Waals surface area contributed by atoms with E-state index >= 15 is 0 Å². The van der Waals surface area contributed by atoms with Crippen LogP contribution in [0.2, 0.25) is 0 Å². The minimum Gasteiger partial charge on any atom is -0.483 e. The van der Waals surface area contributed by atoms with Gasteiger partial charge in [-0.2, -0.15) is 0 Å². The SMILES string of the molecule is C=C(NNC(=O)COc1ccc([N+](=O)[O-])cc1Br)c1ccccc1. The molecule has 0 aliphatic rings. The lowest BCUT2D eigenvalue weighted by molar-refractivity contribution is -0.384. The van der Waals surface area contributed by atoms with Crippen molar-refractivity contribution in [2.45, 2.75) is 0 Å². The summed E-state index contributed by atoms with van der Waals surface area (Å²) in [7, 11) is 0. The van der Waals surface area contributed by atoms with E-state index in [1.165, 1.54) is 18.2 Å². The molecule has 124 valence electrons. The van der Waals surface area contributed by atoms with Gasteiger partial charge in [-0.15, -0.1) is 0 Å². The van der Waals surface area contributed by atoms with Crippen LogP contribution in [-0.2, 0) is 4.79 Å². The molecule has 0 atom stereocenters. The van der Waals surface area contributed by atoms with Gasteiger partial charge < -0.3 is 4.74 Å². The van der Waals surface area contributed by atoms with Crippen molar-refractivity contribution >= 4 is 33.2 Å². The van der Waals surface area contributed by atoms with Crippen LogP contribution >= 0.6 is 15.9 Å². The van der Waals surface area contributed by atoms with Gasteiger partial charge in [0.15, 0.2) is 6.61 Å². The number of non-ortho nitro benzene ring substituents is 1. The Kier molecular flexibility index (Phi) is 5.91. The van der Waals surface area contributed by atoms with Gasteiger partial charge >= 0.3 is 0 Å². The third kappa shape index (κ3) is 4.82. The number of hydrogen-bond donors (Lipinski definition) is 2. The van der Waals surface area contributed by atoms with Crippen molar-refractivity contribution in [3.63, 3.8) is 0 Å².